The third-order valence-corrected chi connectivity index (χ3v) is 1.70. The minimum Gasteiger partial charge on any atom is -0.508 e. The van der Waals surface area contributed by atoms with E-state index in [-0.39, 0.29) is 0 Å². The number of phenolic OH excluding ortho intramolecular Hbond substituents is 1. The molecule has 0 unspecified atom stereocenters. The van der Waals surface area contributed by atoms with Gasteiger partial charge in [0.2, 0.25) is 0 Å². The van der Waals surface area contributed by atoms with Gasteiger partial charge in [0.05, 0.1) is 13.2 Å². The first-order valence-corrected chi connectivity index (χ1v) is 4.98. The Kier molecular flexibility index (Phi) is 12.9. The molecule has 1 aromatic rings. The van der Waals surface area contributed by atoms with Crippen LogP contribution in [0.15, 0.2) is 18.2 Å². The fourth-order valence-electron chi connectivity index (χ4n) is 1.16. The van der Waals surface area contributed by atoms with Gasteiger partial charge in [-0.25, -0.2) is 0 Å². The summed E-state index contributed by atoms with van der Waals surface area (Å²) in [4.78, 5) is 0. The molecule has 5 heteroatoms. The number of rotatable bonds is 0. The molecule has 0 fully saturated rings. The number of hydrogen-bond donors (Lipinski definition) is 4. The van der Waals surface area contributed by atoms with Crippen molar-refractivity contribution >= 4 is 0 Å². The zero-order valence-electron chi connectivity index (χ0n) is 10.2. The number of fused-ring (bicyclic) bond motifs is 1. The number of aromatic hydroxyl groups is 1. The van der Waals surface area contributed by atoms with Crippen LogP contribution in [0.3, 0.4) is 0 Å². The van der Waals surface area contributed by atoms with Crippen molar-refractivity contribution in [1.82, 2.24) is 0 Å². The third kappa shape index (κ3) is 5.67. The molecule has 16 heavy (non-hydrogen) atoms. The van der Waals surface area contributed by atoms with Gasteiger partial charge in [-0.05, 0) is 44.4 Å². The highest BCUT2D eigenvalue weighted by molar-refractivity contribution is 5.35. The summed E-state index contributed by atoms with van der Waals surface area (Å²) in [6.45, 7) is 1.33. The Morgan fingerprint density at radius 2 is 1.44 bits per heavy atom. The number of phenols is 1. The topological polar surface area (TPSA) is 108 Å². The van der Waals surface area contributed by atoms with Gasteiger partial charge < -0.3 is 27.0 Å². The molecule has 0 aromatic heterocycles. The van der Waals surface area contributed by atoms with Crippen molar-refractivity contribution in [1.29, 1.82) is 0 Å². The van der Waals surface area contributed by atoms with E-state index in [2.05, 4.69) is 17.2 Å². The van der Waals surface area contributed by atoms with Crippen molar-refractivity contribution in [2.45, 2.75) is 13.2 Å². The maximum absolute atomic E-state index is 9.04. The monoisotopic (exact) mass is 229 g/mol. The Hall–Kier alpha value is -1.14. The molecule has 94 valence electrons. The fraction of sp³-hybridized carbons (Fsp3) is 0.455. The highest BCUT2D eigenvalue weighted by atomic mass is 16.5. The summed E-state index contributed by atoms with van der Waals surface area (Å²) in [6, 6.07) is 5.34. The highest BCUT2D eigenvalue weighted by Gasteiger charge is 2.09. The Labute approximate surface area is 97.2 Å². The fourth-order valence-corrected chi connectivity index (χ4v) is 1.16. The number of nitrogens with two attached hydrogens (primary N) is 3. The van der Waals surface area contributed by atoms with E-state index in [1.165, 1.54) is 26.7 Å². The molecule has 1 heterocycles. The largest absolute Gasteiger partial charge is 0.508 e. The number of ether oxygens (including phenoxy) is 1. The van der Waals surface area contributed by atoms with E-state index >= 15 is 0 Å². The van der Waals surface area contributed by atoms with Gasteiger partial charge in [0.25, 0.3) is 0 Å². The first-order valence-electron chi connectivity index (χ1n) is 4.98. The van der Waals surface area contributed by atoms with Crippen LogP contribution in [0, 0.1) is 0 Å². The Bertz CT molecular complexity index is 267. The molecule has 0 amide bonds. The van der Waals surface area contributed by atoms with Crippen molar-refractivity contribution in [3.63, 3.8) is 0 Å². The lowest BCUT2D eigenvalue weighted by Gasteiger charge is -1.95. The maximum Gasteiger partial charge on any atom is 0.115 e. The average Bonchev–Trinajstić information content (AvgIpc) is 2.84. The van der Waals surface area contributed by atoms with Crippen LogP contribution in [-0.4, -0.2) is 26.2 Å². The van der Waals surface area contributed by atoms with E-state index in [1.54, 1.807) is 12.1 Å². The average molecular weight is 229 g/mol. The molecule has 0 spiro atoms. The van der Waals surface area contributed by atoms with E-state index in [9.17, 15) is 0 Å². The molecule has 2 rings (SSSR count). The zero-order chi connectivity index (χ0) is 13.0. The molecule has 0 radical (unpaired) electrons. The van der Waals surface area contributed by atoms with E-state index in [0.29, 0.717) is 19.0 Å². The summed E-state index contributed by atoms with van der Waals surface area (Å²) in [7, 11) is 4.50. The second kappa shape index (κ2) is 11.9. The van der Waals surface area contributed by atoms with Gasteiger partial charge in [-0.2, -0.15) is 0 Å². The zero-order valence-corrected chi connectivity index (χ0v) is 10.2. The van der Waals surface area contributed by atoms with E-state index in [4.69, 9.17) is 9.84 Å². The van der Waals surface area contributed by atoms with Crippen LogP contribution < -0.4 is 17.2 Å². The van der Waals surface area contributed by atoms with E-state index < -0.39 is 0 Å². The van der Waals surface area contributed by atoms with Gasteiger partial charge in [-0.1, -0.05) is 6.07 Å². The van der Waals surface area contributed by atoms with Crippen LogP contribution in [0.2, 0.25) is 0 Å². The van der Waals surface area contributed by atoms with Crippen LogP contribution >= 0.6 is 0 Å². The molecule has 1 aliphatic rings. The molecular formula is C11H23N3O2. The highest BCUT2D eigenvalue weighted by Crippen LogP contribution is 2.23. The smallest absolute Gasteiger partial charge is 0.115 e. The molecule has 0 bridgehead atoms. The van der Waals surface area contributed by atoms with Crippen LogP contribution in [0.1, 0.15) is 11.1 Å². The Morgan fingerprint density at radius 3 is 2.00 bits per heavy atom. The van der Waals surface area contributed by atoms with Gasteiger partial charge in [0.15, 0.2) is 0 Å². The Balaban J connectivity index is 0. The van der Waals surface area contributed by atoms with Gasteiger partial charge in [0, 0.05) is 0 Å². The first-order chi connectivity index (χ1) is 7.86. The molecule has 1 aliphatic heterocycles. The van der Waals surface area contributed by atoms with Crippen molar-refractivity contribution < 1.29 is 9.84 Å². The standard InChI is InChI=1S/C8H8O2.3CH5N/c9-8-2-1-6-4-10-5-7(6)3-8;3*1-2/h1-3,9H,4-5H2;3*2H2,1H3. The summed E-state index contributed by atoms with van der Waals surface area (Å²) in [5, 5.41) is 9.04. The van der Waals surface area contributed by atoms with Gasteiger partial charge in [-0.3, -0.25) is 0 Å². The molecule has 0 saturated heterocycles. The summed E-state index contributed by atoms with van der Waals surface area (Å²) in [5.41, 5.74) is 15.8. The van der Waals surface area contributed by atoms with Crippen LogP contribution in [0.5, 0.6) is 5.75 Å². The lowest BCUT2D eigenvalue weighted by atomic mass is 10.1. The van der Waals surface area contributed by atoms with Gasteiger partial charge >= 0.3 is 0 Å². The van der Waals surface area contributed by atoms with Crippen LogP contribution in [-0.2, 0) is 18.0 Å². The summed E-state index contributed by atoms with van der Waals surface area (Å²) in [6.07, 6.45) is 0. The third-order valence-electron chi connectivity index (χ3n) is 1.70. The van der Waals surface area contributed by atoms with Crippen molar-refractivity contribution in [3.05, 3.63) is 29.3 Å². The van der Waals surface area contributed by atoms with Crippen molar-refractivity contribution in [2.75, 3.05) is 21.1 Å². The molecule has 1 aromatic carbocycles. The normalized spacial score (nSPS) is 10.6. The molecular weight excluding hydrogens is 206 g/mol. The molecule has 7 N–H and O–H groups in total. The lowest BCUT2D eigenvalue weighted by Crippen LogP contribution is -1.78. The van der Waals surface area contributed by atoms with E-state index in [0.717, 1.165) is 5.56 Å². The van der Waals surface area contributed by atoms with Gasteiger partial charge in [-0.15, -0.1) is 0 Å². The number of benzene rings is 1. The second-order valence-electron chi connectivity index (χ2n) is 2.45. The van der Waals surface area contributed by atoms with Gasteiger partial charge in [0.1, 0.15) is 5.75 Å². The summed E-state index contributed by atoms with van der Waals surface area (Å²) >= 11 is 0. The molecule has 0 aliphatic carbocycles. The minimum atomic E-state index is 0.323. The SMILES string of the molecule is CN.CN.CN.Oc1ccc2c(c1)COC2. The van der Waals surface area contributed by atoms with Crippen LogP contribution in [0.25, 0.3) is 0 Å². The minimum absolute atomic E-state index is 0.323. The predicted molar refractivity (Wildman–Crippen MR) is 66.9 cm³/mol. The van der Waals surface area contributed by atoms with Crippen molar-refractivity contribution in [2.24, 2.45) is 17.2 Å². The summed E-state index contributed by atoms with van der Waals surface area (Å²) in [5.74, 6) is 0.323. The molecule has 0 atom stereocenters. The Morgan fingerprint density at radius 1 is 0.938 bits per heavy atom. The maximum atomic E-state index is 9.04. The number of hydrogen-bond acceptors (Lipinski definition) is 5. The lowest BCUT2D eigenvalue weighted by molar-refractivity contribution is 0.134. The van der Waals surface area contributed by atoms with Crippen LogP contribution in [0.4, 0.5) is 0 Å². The second-order valence-corrected chi connectivity index (χ2v) is 2.45. The predicted octanol–water partition coefficient (Wildman–Crippen LogP) is 0.147. The molecule has 0 saturated carbocycles. The van der Waals surface area contributed by atoms with E-state index in [1.807, 2.05) is 6.07 Å². The summed E-state index contributed by atoms with van der Waals surface area (Å²) < 4.78 is 5.16. The quantitative estimate of drug-likeness (QED) is 0.506. The van der Waals surface area contributed by atoms with Crippen molar-refractivity contribution in [3.8, 4) is 5.75 Å². The first kappa shape index (κ1) is 17.3. The molecule has 5 nitrogen and oxygen atoms in total.